The molecule has 0 bridgehead atoms. The number of thiazole rings is 1. The number of esters is 1. The summed E-state index contributed by atoms with van der Waals surface area (Å²) in [4.78, 5) is 33.3. The van der Waals surface area contributed by atoms with Gasteiger partial charge in [0, 0.05) is 22.6 Å². The predicted octanol–water partition coefficient (Wildman–Crippen LogP) is 7.15. The quantitative estimate of drug-likeness (QED) is 0.172. The summed E-state index contributed by atoms with van der Waals surface area (Å²) in [6, 6.07) is 35.1. The molecule has 0 N–H and O–H groups in total. The molecule has 0 saturated heterocycles. The van der Waals surface area contributed by atoms with Crippen LogP contribution in [-0.2, 0) is 9.53 Å². The zero-order valence-electron chi connectivity index (χ0n) is 26.7. The summed E-state index contributed by atoms with van der Waals surface area (Å²) >= 11 is 1.26. The van der Waals surface area contributed by atoms with Gasteiger partial charge in [-0.1, -0.05) is 96.3 Å². The molecular formula is C40H32FN3O3S. The van der Waals surface area contributed by atoms with Crippen LogP contribution in [0.3, 0.4) is 0 Å². The van der Waals surface area contributed by atoms with E-state index in [1.165, 1.54) is 28.0 Å². The Hall–Kier alpha value is -5.60. The Balaban J connectivity index is 1.38. The molecule has 0 saturated carbocycles. The van der Waals surface area contributed by atoms with Crippen molar-refractivity contribution in [2.75, 3.05) is 6.61 Å². The van der Waals surface area contributed by atoms with Gasteiger partial charge in [-0.05, 0) is 79.4 Å². The molecule has 1 aliphatic heterocycles. The molecule has 0 radical (unpaired) electrons. The fourth-order valence-corrected chi connectivity index (χ4v) is 7.30. The lowest BCUT2D eigenvalue weighted by atomic mass is 9.93. The summed E-state index contributed by atoms with van der Waals surface area (Å²) in [5.41, 5.74) is 7.87. The molecule has 0 spiro atoms. The van der Waals surface area contributed by atoms with Crippen molar-refractivity contribution in [2.24, 2.45) is 4.99 Å². The van der Waals surface area contributed by atoms with Crippen LogP contribution in [0.4, 0.5) is 4.39 Å². The Morgan fingerprint density at radius 2 is 1.50 bits per heavy atom. The SMILES string of the molecule is CCOC(=O)C1=C(c2ccccc2)N=c2s/c(=C\c3cc(C)n(-c4ccc(-c5ccccc5)cc4)c3C)c(=O)n2[C@@H]1c1ccc(F)cc1. The predicted molar refractivity (Wildman–Crippen MR) is 188 cm³/mol. The van der Waals surface area contributed by atoms with Crippen LogP contribution in [0.2, 0.25) is 0 Å². The van der Waals surface area contributed by atoms with Crippen molar-refractivity contribution >= 4 is 29.1 Å². The number of carbonyl (C=O) groups is 1. The van der Waals surface area contributed by atoms with Crippen molar-refractivity contribution in [1.29, 1.82) is 0 Å². The van der Waals surface area contributed by atoms with Gasteiger partial charge in [-0.25, -0.2) is 14.2 Å². The van der Waals surface area contributed by atoms with Crippen LogP contribution in [0, 0.1) is 19.7 Å². The van der Waals surface area contributed by atoms with E-state index in [0.29, 0.717) is 26.2 Å². The minimum Gasteiger partial charge on any atom is -0.463 e. The van der Waals surface area contributed by atoms with Gasteiger partial charge in [0.1, 0.15) is 5.82 Å². The lowest BCUT2D eigenvalue weighted by Gasteiger charge is -2.25. The molecule has 4 aromatic carbocycles. The number of nitrogens with zero attached hydrogens (tertiary/aromatic N) is 3. The van der Waals surface area contributed by atoms with Crippen LogP contribution < -0.4 is 14.9 Å². The highest BCUT2D eigenvalue weighted by Crippen LogP contribution is 2.35. The zero-order chi connectivity index (χ0) is 33.4. The molecule has 0 aliphatic carbocycles. The van der Waals surface area contributed by atoms with Crippen molar-refractivity contribution < 1.29 is 13.9 Å². The maximum Gasteiger partial charge on any atom is 0.338 e. The van der Waals surface area contributed by atoms with E-state index in [0.717, 1.165) is 33.8 Å². The number of hydrogen-bond donors (Lipinski definition) is 0. The molecule has 2 aromatic heterocycles. The molecule has 6 nitrogen and oxygen atoms in total. The van der Waals surface area contributed by atoms with Gasteiger partial charge in [-0.2, -0.15) is 0 Å². The van der Waals surface area contributed by atoms with Crippen molar-refractivity contribution in [2.45, 2.75) is 26.8 Å². The molecule has 8 heteroatoms. The normalized spacial score (nSPS) is 14.5. The molecule has 0 amide bonds. The monoisotopic (exact) mass is 653 g/mol. The average Bonchev–Trinajstić information content (AvgIpc) is 3.58. The van der Waals surface area contributed by atoms with Crippen LogP contribution >= 0.6 is 11.3 Å². The summed E-state index contributed by atoms with van der Waals surface area (Å²) in [6.07, 6.45) is 1.89. The van der Waals surface area contributed by atoms with E-state index in [9.17, 15) is 14.0 Å². The Kier molecular flexibility index (Phi) is 8.33. The summed E-state index contributed by atoms with van der Waals surface area (Å²) in [5.74, 6) is -0.994. The molecule has 238 valence electrons. The van der Waals surface area contributed by atoms with Crippen molar-refractivity contribution in [3.05, 3.63) is 174 Å². The van der Waals surface area contributed by atoms with E-state index in [1.54, 1.807) is 19.1 Å². The second-order valence-electron chi connectivity index (χ2n) is 11.6. The lowest BCUT2D eigenvalue weighted by molar-refractivity contribution is -0.138. The molecule has 1 aliphatic rings. The molecule has 1 atom stereocenters. The second kappa shape index (κ2) is 12.9. The van der Waals surface area contributed by atoms with E-state index in [2.05, 4.69) is 47.0 Å². The number of aryl methyl sites for hydroxylation is 1. The van der Waals surface area contributed by atoms with Gasteiger partial charge in [-0.3, -0.25) is 9.36 Å². The molecule has 6 aromatic rings. The van der Waals surface area contributed by atoms with Gasteiger partial charge in [-0.15, -0.1) is 0 Å². The summed E-state index contributed by atoms with van der Waals surface area (Å²) < 4.78 is 23.8. The first-order chi connectivity index (χ1) is 23.3. The smallest absolute Gasteiger partial charge is 0.338 e. The van der Waals surface area contributed by atoms with Gasteiger partial charge in [0.05, 0.1) is 28.5 Å². The number of carbonyl (C=O) groups excluding carboxylic acids is 1. The summed E-state index contributed by atoms with van der Waals surface area (Å²) in [5, 5.41) is 0. The molecule has 0 fully saturated rings. The van der Waals surface area contributed by atoms with Gasteiger partial charge < -0.3 is 9.30 Å². The van der Waals surface area contributed by atoms with Gasteiger partial charge >= 0.3 is 5.97 Å². The topological polar surface area (TPSA) is 65.6 Å². The van der Waals surface area contributed by atoms with Crippen LogP contribution in [0.25, 0.3) is 28.6 Å². The first-order valence-corrected chi connectivity index (χ1v) is 16.5. The van der Waals surface area contributed by atoms with Gasteiger partial charge in [0.25, 0.3) is 5.56 Å². The van der Waals surface area contributed by atoms with Crippen molar-refractivity contribution in [3.8, 4) is 16.8 Å². The third-order valence-electron chi connectivity index (χ3n) is 8.55. The first-order valence-electron chi connectivity index (χ1n) is 15.7. The fourth-order valence-electron chi connectivity index (χ4n) is 6.31. The zero-order valence-corrected chi connectivity index (χ0v) is 27.5. The summed E-state index contributed by atoms with van der Waals surface area (Å²) in [7, 11) is 0. The Bertz CT molecular complexity index is 2350. The Labute approximate surface area is 281 Å². The Morgan fingerprint density at radius 3 is 2.15 bits per heavy atom. The third kappa shape index (κ3) is 5.65. The van der Waals surface area contributed by atoms with E-state index in [1.807, 2.05) is 68.5 Å². The highest BCUT2D eigenvalue weighted by Gasteiger charge is 2.35. The van der Waals surface area contributed by atoms with Crippen molar-refractivity contribution in [3.63, 3.8) is 0 Å². The Morgan fingerprint density at radius 1 is 0.875 bits per heavy atom. The number of ether oxygens (including phenoxy) is 1. The van der Waals surface area contributed by atoms with E-state index >= 15 is 0 Å². The lowest BCUT2D eigenvalue weighted by Crippen LogP contribution is -2.40. The first kappa shape index (κ1) is 31.0. The number of benzene rings is 4. The largest absolute Gasteiger partial charge is 0.463 e. The fraction of sp³-hybridized carbons (Fsp3) is 0.125. The van der Waals surface area contributed by atoms with Crippen LogP contribution in [0.5, 0.6) is 0 Å². The standard InChI is InChI=1S/C40H32FN3O3S/c1-4-47-39(46)35-36(29-13-9-6-10-14-29)42-40-44(37(35)30-15-19-32(41)20-16-30)38(45)34(48-40)24-31-23-25(2)43(26(31)3)33-21-17-28(18-22-33)27-11-7-5-8-12-27/h5-24,37H,4H2,1-3H3/b34-24-/t37-/m1/s1. The highest BCUT2D eigenvalue weighted by molar-refractivity contribution is 7.07. The number of aromatic nitrogens is 2. The van der Waals surface area contributed by atoms with E-state index in [4.69, 9.17) is 9.73 Å². The maximum atomic E-state index is 14.3. The molecule has 7 rings (SSSR count). The second-order valence-corrected chi connectivity index (χ2v) is 12.6. The van der Waals surface area contributed by atoms with Crippen LogP contribution in [0.1, 0.15) is 41.0 Å². The van der Waals surface area contributed by atoms with Crippen LogP contribution in [-0.4, -0.2) is 21.7 Å². The van der Waals surface area contributed by atoms with Gasteiger partial charge in [0.2, 0.25) is 0 Å². The number of hydrogen-bond acceptors (Lipinski definition) is 5. The average molecular weight is 654 g/mol. The van der Waals surface area contributed by atoms with Crippen LogP contribution in [0.15, 0.2) is 131 Å². The number of halogens is 1. The minimum atomic E-state index is -0.867. The van der Waals surface area contributed by atoms with Gasteiger partial charge in [0.15, 0.2) is 4.80 Å². The molecular weight excluding hydrogens is 622 g/mol. The minimum absolute atomic E-state index is 0.148. The third-order valence-corrected chi connectivity index (χ3v) is 9.53. The van der Waals surface area contributed by atoms with E-state index in [-0.39, 0.29) is 17.7 Å². The number of fused-ring (bicyclic) bond motifs is 1. The maximum absolute atomic E-state index is 14.3. The molecule has 48 heavy (non-hydrogen) atoms. The molecule has 3 heterocycles. The molecule has 0 unspecified atom stereocenters. The number of rotatable bonds is 7. The summed E-state index contributed by atoms with van der Waals surface area (Å²) in [6.45, 7) is 5.96. The highest BCUT2D eigenvalue weighted by atomic mass is 32.1. The van der Waals surface area contributed by atoms with Crippen molar-refractivity contribution in [1.82, 2.24) is 9.13 Å². The van der Waals surface area contributed by atoms with E-state index < -0.39 is 17.8 Å².